The smallest absolute Gasteiger partial charge is 0.123 e. The van der Waals surface area contributed by atoms with Crippen molar-refractivity contribution in [3.63, 3.8) is 0 Å². The first-order chi connectivity index (χ1) is 8.40. The van der Waals surface area contributed by atoms with Gasteiger partial charge in [-0.1, -0.05) is 6.07 Å². The first-order valence-corrected chi connectivity index (χ1v) is 6.01. The van der Waals surface area contributed by atoms with Gasteiger partial charge in [-0.15, -0.1) is 0 Å². The van der Waals surface area contributed by atoms with Crippen molar-refractivity contribution in [2.24, 2.45) is 0 Å². The fraction of sp³-hybridized carbons (Fsp3) is 0.250. The minimum atomic E-state index is 0.262. The average Bonchev–Trinajstić information content (AvgIpc) is 2.20. The Hall–Kier alpha value is -1.96. The van der Waals surface area contributed by atoms with E-state index < -0.39 is 0 Å². The van der Waals surface area contributed by atoms with Crippen LogP contribution in [0.4, 0.5) is 0 Å². The highest BCUT2D eigenvalue weighted by molar-refractivity contribution is 5.79. The summed E-state index contributed by atoms with van der Waals surface area (Å²) >= 11 is 0. The van der Waals surface area contributed by atoms with Gasteiger partial charge in [-0.3, -0.25) is 0 Å². The summed E-state index contributed by atoms with van der Waals surface area (Å²) in [5.74, 6) is 0.558. The third kappa shape index (κ3) is 2.06. The van der Waals surface area contributed by atoms with Crippen molar-refractivity contribution in [3.05, 3.63) is 46.5 Å². The van der Waals surface area contributed by atoms with Crippen molar-refractivity contribution in [2.75, 3.05) is 0 Å². The molecule has 0 bridgehead atoms. The lowest BCUT2D eigenvalue weighted by atomic mass is 9.91. The van der Waals surface area contributed by atoms with Gasteiger partial charge in [0.15, 0.2) is 0 Å². The van der Waals surface area contributed by atoms with Crippen LogP contribution in [0.5, 0.6) is 11.5 Å². The number of rotatable bonds is 1. The monoisotopic (exact) mass is 242 g/mol. The van der Waals surface area contributed by atoms with Gasteiger partial charge in [-0.25, -0.2) is 0 Å². The van der Waals surface area contributed by atoms with Crippen molar-refractivity contribution < 1.29 is 10.2 Å². The van der Waals surface area contributed by atoms with Gasteiger partial charge in [-0.2, -0.15) is 0 Å². The molecular weight excluding hydrogens is 224 g/mol. The summed E-state index contributed by atoms with van der Waals surface area (Å²) in [5, 5.41) is 19.8. The molecule has 0 saturated heterocycles. The van der Waals surface area contributed by atoms with E-state index in [4.69, 9.17) is 0 Å². The molecule has 2 aromatic carbocycles. The molecule has 0 heterocycles. The fourth-order valence-electron chi connectivity index (χ4n) is 2.61. The van der Waals surface area contributed by atoms with Crippen LogP contribution in [0, 0.1) is 27.7 Å². The Morgan fingerprint density at radius 2 is 1.17 bits per heavy atom. The van der Waals surface area contributed by atoms with Gasteiger partial charge in [-0.05, 0) is 73.7 Å². The summed E-state index contributed by atoms with van der Waals surface area (Å²) in [4.78, 5) is 0. The topological polar surface area (TPSA) is 40.5 Å². The Morgan fingerprint density at radius 3 is 1.67 bits per heavy atom. The van der Waals surface area contributed by atoms with Crippen LogP contribution in [0.2, 0.25) is 0 Å². The first-order valence-electron chi connectivity index (χ1n) is 6.01. The summed E-state index contributed by atoms with van der Waals surface area (Å²) in [6.07, 6.45) is 0. The molecule has 0 fully saturated rings. The van der Waals surface area contributed by atoms with Gasteiger partial charge >= 0.3 is 0 Å². The lowest BCUT2D eigenvalue weighted by molar-refractivity contribution is 0.473. The maximum Gasteiger partial charge on any atom is 0.123 e. The molecule has 0 atom stereocenters. The standard InChI is InChI=1S/C16H18O2/c1-9-5-10(2)16(14(18)6-9)15-11(3)7-13(17)8-12(15)4/h5-8,17-18H,1-4H3. The molecule has 0 unspecified atom stereocenters. The zero-order valence-corrected chi connectivity index (χ0v) is 11.2. The Bertz CT molecular complexity index is 511. The Kier molecular flexibility index (Phi) is 3.04. The summed E-state index contributed by atoms with van der Waals surface area (Å²) in [6.45, 7) is 7.85. The summed E-state index contributed by atoms with van der Waals surface area (Å²) in [6, 6.07) is 7.27. The molecule has 18 heavy (non-hydrogen) atoms. The minimum absolute atomic E-state index is 0.262. The molecule has 2 nitrogen and oxygen atoms in total. The maximum atomic E-state index is 10.2. The predicted octanol–water partition coefficient (Wildman–Crippen LogP) is 4.00. The van der Waals surface area contributed by atoms with E-state index >= 15 is 0 Å². The van der Waals surface area contributed by atoms with Gasteiger partial charge in [0.2, 0.25) is 0 Å². The van der Waals surface area contributed by atoms with Crippen LogP contribution in [-0.4, -0.2) is 10.2 Å². The van der Waals surface area contributed by atoms with Crippen molar-refractivity contribution in [1.29, 1.82) is 0 Å². The highest BCUT2D eigenvalue weighted by Crippen LogP contribution is 2.38. The number of aryl methyl sites for hydroxylation is 4. The quantitative estimate of drug-likeness (QED) is 0.793. The predicted molar refractivity (Wildman–Crippen MR) is 74.2 cm³/mol. The van der Waals surface area contributed by atoms with Crippen LogP contribution in [-0.2, 0) is 0 Å². The van der Waals surface area contributed by atoms with Gasteiger partial charge in [0.05, 0.1) is 0 Å². The number of benzene rings is 2. The average molecular weight is 242 g/mol. The van der Waals surface area contributed by atoms with Crippen LogP contribution < -0.4 is 0 Å². The van der Waals surface area contributed by atoms with E-state index in [0.717, 1.165) is 33.4 Å². The SMILES string of the molecule is Cc1cc(C)c(-c2c(C)cc(O)cc2C)c(O)c1. The van der Waals surface area contributed by atoms with E-state index in [-0.39, 0.29) is 5.75 Å². The first kappa shape index (κ1) is 12.5. The van der Waals surface area contributed by atoms with Gasteiger partial charge in [0.1, 0.15) is 11.5 Å². The van der Waals surface area contributed by atoms with E-state index in [1.165, 1.54) is 0 Å². The zero-order chi connectivity index (χ0) is 13.4. The second-order valence-corrected chi connectivity index (χ2v) is 4.93. The third-order valence-electron chi connectivity index (χ3n) is 3.23. The van der Waals surface area contributed by atoms with Crippen LogP contribution in [0.1, 0.15) is 22.3 Å². The molecule has 0 radical (unpaired) electrons. The molecule has 0 spiro atoms. The highest BCUT2D eigenvalue weighted by atomic mass is 16.3. The molecule has 2 aromatic rings. The van der Waals surface area contributed by atoms with E-state index in [2.05, 4.69) is 6.07 Å². The molecule has 0 aromatic heterocycles. The number of hydrogen-bond donors (Lipinski definition) is 2. The lowest BCUT2D eigenvalue weighted by Crippen LogP contribution is -1.92. The summed E-state index contributed by atoms with van der Waals surface area (Å²) in [5.41, 5.74) is 5.88. The molecule has 0 aliphatic carbocycles. The third-order valence-corrected chi connectivity index (χ3v) is 3.23. The summed E-state index contributed by atoms with van der Waals surface area (Å²) < 4.78 is 0. The van der Waals surface area contributed by atoms with Crippen LogP contribution in [0.3, 0.4) is 0 Å². The van der Waals surface area contributed by atoms with Gasteiger partial charge < -0.3 is 10.2 Å². The maximum absolute atomic E-state index is 10.2. The van der Waals surface area contributed by atoms with Crippen molar-refractivity contribution >= 4 is 0 Å². The largest absolute Gasteiger partial charge is 0.508 e. The van der Waals surface area contributed by atoms with Gasteiger partial charge in [0.25, 0.3) is 0 Å². The number of hydrogen-bond acceptors (Lipinski definition) is 2. The van der Waals surface area contributed by atoms with Crippen molar-refractivity contribution in [3.8, 4) is 22.6 Å². The molecule has 0 saturated carbocycles. The molecule has 0 amide bonds. The normalized spacial score (nSPS) is 10.7. The van der Waals surface area contributed by atoms with Crippen LogP contribution in [0.15, 0.2) is 24.3 Å². The number of aromatic hydroxyl groups is 2. The Morgan fingerprint density at radius 1 is 0.667 bits per heavy atom. The fourth-order valence-corrected chi connectivity index (χ4v) is 2.61. The van der Waals surface area contributed by atoms with Crippen molar-refractivity contribution in [1.82, 2.24) is 0 Å². The molecule has 2 N–H and O–H groups in total. The molecule has 2 heteroatoms. The van der Waals surface area contributed by atoms with E-state index in [1.54, 1.807) is 18.2 Å². The summed E-state index contributed by atoms with van der Waals surface area (Å²) in [7, 11) is 0. The van der Waals surface area contributed by atoms with Crippen LogP contribution in [0.25, 0.3) is 11.1 Å². The molecule has 0 aliphatic heterocycles. The highest BCUT2D eigenvalue weighted by Gasteiger charge is 2.14. The van der Waals surface area contributed by atoms with E-state index in [1.807, 2.05) is 27.7 Å². The Labute approximate surface area is 108 Å². The van der Waals surface area contributed by atoms with E-state index in [9.17, 15) is 10.2 Å². The second kappa shape index (κ2) is 4.37. The Balaban J connectivity index is 2.78. The number of phenols is 2. The minimum Gasteiger partial charge on any atom is -0.508 e. The van der Waals surface area contributed by atoms with E-state index in [0.29, 0.717) is 5.75 Å². The van der Waals surface area contributed by atoms with Crippen LogP contribution >= 0.6 is 0 Å². The molecule has 0 aliphatic rings. The zero-order valence-electron chi connectivity index (χ0n) is 11.2. The molecular formula is C16H18O2. The lowest BCUT2D eigenvalue weighted by Gasteiger charge is -2.15. The molecule has 2 rings (SSSR count). The van der Waals surface area contributed by atoms with Crippen molar-refractivity contribution in [2.45, 2.75) is 27.7 Å². The molecule has 94 valence electrons. The number of phenolic OH excluding ortho intramolecular Hbond substituents is 2. The second-order valence-electron chi connectivity index (χ2n) is 4.93. The van der Waals surface area contributed by atoms with Gasteiger partial charge in [0, 0.05) is 5.56 Å².